The number of hydrogen-bond donors (Lipinski definition) is 0. The third-order valence-electron chi connectivity index (χ3n) is 7.23. The number of fused-ring (bicyclic) bond motifs is 7. The van der Waals surface area contributed by atoms with Gasteiger partial charge in [0.1, 0.15) is 11.3 Å². The molecule has 3 heterocycles. The van der Waals surface area contributed by atoms with Crippen molar-refractivity contribution in [2.45, 2.75) is 13.3 Å². The third kappa shape index (κ3) is 2.43. The maximum absolute atomic E-state index is 6.47. The van der Waals surface area contributed by atoms with E-state index in [0.717, 1.165) is 46.2 Å². The Hall–Kier alpha value is -4.57. The van der Waals surface area contributed by atoms with Crippen LogP contribution in [0.1, 0.15) is 12.7 Å². The summed E-state index contributed by atoms with van der Waals surface area (Å²) in [5, 5.41) is 5.04. The first kappa shape index (κ1) is 18.8. The Morgan fingerprint density at radius 2 is 1.51 bits per heavy atom. The van der Waals surface area contributed by atoms with E-state index in [4.69, 9.17) is 9.72 Å². The Labute approximate surface area is 201 Å². The van der Waals surface area contributed by atoms with E-state index in [1.165, 1.54) is 32.6 Å². The van der Waals surface area contributed by atoms with Gasteiger partial charge in [-0.15, -0.1) is 0 Å². The van der Waals surface area contributed by atoms with Crippen LogP contribution in [0.3, 0.4) is 0 Å². The highest BCUT2D eigenvalue weighted by Gasteiger charge is 2.25. The van der Waals surface area contributed by atoms with Gasteiger partial charge in [-0.3, -0.25) is 4.57 Å². The van der Waals surface area contributed by atoms with Crippen LogP contribution in [0.2, 0.25) is 0 Å². The van der Waals surface area contributed by atoms with E-state index in [-0.39, 0.29) is 0 Å². The van der Waals surface area contributed by atoms with Crippen LogP contribution in [0.4, 0.5) is 0 Å². The molecule has 0 amide bonds. The highest BCUT2D eigenvalue weighted by atomic mass is 16.5. The number of para-hydroxylation sites is 3. The fraction of sp³-hybridized carbons (Fsp3) is 0.0645. The lowest BCUT2D eigenvalue weighted by Gasteiger charge is -2.21. The van der Waals surface area contributed by atoms with Gasteiger partial charge in [0.25, 0.3) is 0 Å². The zero-order valence-corrected chi connectivity index (χ0v) is 19.2. The van der Waals surface area contributed by atoms with Crippen LogP contribution >= 0.6 is 0 Å². The van der Waals surface area contributed by atoms with Gasteiger partial charge < -0.3 is 9.30 Å². The summed E-state index contributed by atoms with van der Waals surface area (Å²) in [5.74, 6) is 2.75. The molecule has 0 saturated carbocycles. The number of ether oxygens (including phenoxy) is 1. The van der Waals surface area contributed by atoms with Crippen LogP contribution in [0.15, 0.2) is 97.1 Å². The van der Waals surface area contributed by atoms with Crippen molar-refractivity contribution in [2.24, 2.45) is 0 Å². The van der Waals surface area contributed by atoms with E-state index in [1.807, 2.05) is 12.1 Å². The predicted molar refractivity (Wildman–Crippen MR) is 142 cm³/mol. The summed E-state index contributed by atoms with van der Waals surface area (Å²) in [6.45, 7) is 2.15. The molecule has 1 aliphatic heterocycles. The lowest BCUT2D eigenvalue weighted by atomic mass is 10.0. The molecule has 7 aromatic rings. The van der Waals surface area contributed by atoms with Crippen LogP contribution in [0.25, 0.3) is 55.0 Å². The van der Waals surface area contributed by atoms with E-state index in [2.05, 4.69) is 101 Å². The third-order valence-corrected chi connectivity index (χ3v) is 7.23. The first-order valence-electron chi connectivity index (χ1n) is 12.1. The van der Waals surface area contributed by atoms with Gasteiger partial charge in [-0.05, 0) is 41.1 Å². The second-order valence-electron chi connectivity index (χ2n) is 9.13. The second kappa shape index (κ2) is 6.73. The normalized spacial score (nSPS) is 12.5. The smallest absolute Gasteiger partial charge is 0.155 e. The Morgan fingerprint density at radius 3 is 2.43 bits per heavy atom. The SMILES string of the molecule is CCc1nc2cc(-n3c4ccccc4c4c5ccccc5ccc43)cc3c2n1-c1ccccc1O3. The minimum atomic E-state index is 0.843. The van der Waals surface area contributed by atoms with Crippen molar-refractivity contribution in [3.63, 3.8) is 0 Å². The maximum Gasteiger partial charge on any atom is 0.155 e. The molecule has 0 spiro atoms. The van der Waals surface area contributed by atoms with E-state index in [0.29, 0.717) is 0 Å². The van der Waals surface area contributed by atoms with Crippen LogP contribution < -0.4 is 4.74 Å². The number of benzene rings is 5. The Bertz CT molecular complexity index is 1980. The molecule has 5 aromatic carbocycles. The highest BCUT2D eigenvalue weighted by molar-refractivity contribution is 6.21. The first-order valence-corrected chi connectivity index (χ1v) is 12.1. The predicted octanol–water partition coefficient (Wildman–Crippen LogP) is 7.94. The lowest BCUT2D eigenvalue weighted by Crippen LogP contribution is -2.07. The molecule has 0 unspecified atom stereocenters. The van der Waals surface area contributed by atoms with Gasteiger partial charge in [-0.1, -0.05) is 67.6 Å². The summed E-state index contributed by atoms with van der Waals surface area (Å²) >= 11 is 0. The average Bonchev–Trinajstić information content (AvgIpc) is 3.45. The molecule has 4 nitrogen and oxygen atoms in total. The van der Waals surface area contributed by atoms with Gasteiger partial charge in [-0.25, -0.2) is 4.98 Å². The molecular weight excluding hydrogens is 430 g/mol. The number of nitrogens with zero attached hydrogens (tertiary/aromatic N) is 3. The van der Waals surface area contributed by atoms with Gasteiger partial charge in [0.05, 0.1) is 27.9 Å². The van der Waals surface area contributed by atoms with Crippen molar-refractivity contribution in [1.82, 2.24) is 14.1 Å². The lowest BCUT2D eigenvalue weighted by molar-refractivity contribution is 0.474. The molecule has 0 N–H and O–H groups in total. The highest BCUT2D eigenvalue weighted by Crippen LogP contribution is 2.44. The van der Waals surface area contributed by atoms with Crippen molar-refractivity contribution in [3.05, 3.63) is 103 Å². The molecule has 1 aliphatic rings. The van der Waals surface area contributed by atoms with Crippen molar-refractivity contribution in [1.29, 1.82) is 0 Å². The molecule has 0 saturated heterocycles. The monoisotopic (exact) mass is 451 g/mol. The topological polar surface area (TPSA) is 32.0 Å². The zero-order valence-electron chi connectivity index (χ0n) is 19.2. The van der Waals surface area contributed by atoms with Crippen molar-refractivity contribution >= 4 is 43.6 Å². The average molecular weight is 452 g/mol. The molecule has 0 fully saturated rings. The summed E-state index contributed by atoms with van der Waals surface area (Å²) in [6, 6.07) is 34.3. The van der Waals surface area contributed by atoms with Gasteiger partial charge in [0, 0.05) is 23.3 Å². The van der Waals surface area contributed by atoms with Crippen LogP contribution in [-0.2, 0) is 6.42 Å². The molecular formula is C31H21N3O. The zero-order chi connectivity index (χ0) is 23.1. The van der Waals surface area contributed by atoms with Crippen molar-refractivity contribution in [2.75, 3.05) is 0 Å². The van der Waals surface area contributed by atoms with Crippen molar-refractivity contribution in [3.8, 4) is 22.9 Å². The van der Waals surface area contributed by atoms with Gasteiger partial charge in [0.15, 0.2) is 11.5 Å². The maximum atomic E-state index is 6.47. The quantitative estimate of drug-likeness (QED) is 0.267. The Kier molecular flexibility index (Phi) is 3.62. The van der Waals surface area contributed by atoms with Crippen LogP contribution in [0.5, 0.6) is 11.5 Å². The van der Waals surface area contributed by atoms with Crippen molar-refractivity contribution < 1.29 is 4.74 Å². The van der Waals surface area contributed by atoms with E-state index < -0.39 is 0 Å². The number of aromatic nitrogens is 3. The van der Waals surface area contributed by atoms with Gasteiger partial charge in [0.2, 0.25) is 0 Å². The van der Waals surface area contributed by atoms with E-state index in [9.17, 15) is 0 Å². The number of imidazole rings is 1. The molecule has 0 atom stereocenters. The van der Waals surface area contributed by atoms with E-state index >= 15 is 0 Å². The largest absolute Gasteiger partial charge is 0.453 e. The molecule has 0 aliphatic carbocycles. The van der Waals surface area contributed by atoms with Crippen LogP contribution in [0, 0.1) is 0 Å². The molecule has 2 aromatic heterocycles. The minimum Gasteiger partial charge on any atom is -0.453 e. The standard InChI is InChI=1S/C31H21N3O/c1-2-29-32-23-17-20(18-28-31(23)34(29)25-13-7-8-14-27(25)35-28)33-24-12-6-5-11-22(24)30-21-10-4-3-9-19(21)15-16-26(30)33/h3-18H,2H2,1H3. The summed E-state index contributed by atoms with van der Waals surface area (Å²) < 4.78 is 11.1. The van der Waals surface area contributed by atoms with E-state index in [1.54, 1.807) is 0 Å². The fourth-order valence-corrected chi connectivity index (χ4v) is 5.77. The molecule has 8 rings (SSSR count). The van der Waals surface area contributed by atoms with Gasteiger partial charge >= 0.3 is 0 Å². The Balaban J connectivity index is 1.50. The first-order chi connectivity index (χ1) is 17.3. The summed E-state index contributed by atoms with van der Waals surface area (Å²) in [4.78, 5) is 5.05. The molecule has 35 heavy (non-hydrogen) atoms. The minimum absolute atomic E-state index is 0.843. The number of hydrogen-bond acceptors (Lipinski definition) is 2. The molecule has 166 valence electrons. The molecule has 0 bridgehead atoms. The molecule has 0 radical (unpaired) electrons. The Morgan fingerprint density at radius 1 is 0.714 bits per heavy atom. The fourth-order valence-electron chi connectivity index (χ4n) is 5.77. The van der Waals surface area contributed by atoms with Gasteiger partial charge in [-0.2, -0.15) is 0 Å². The summed E-state index contributed by atoms with van der Waals surface area (Å²) in [6.07, 6.45) is 0.846. The molecule has 4 heteroatoms. The second-order valence-corrected chi connectivity index (χ2v) is 9.13. The summed E-state index contributed by atoms with van der Waals surface area (Å²) in [7, 11) is 0. The summed E-state index contributed by atoms with van der Waals surface area (Å²) in [5.41, 5.74) is 6.46. The number of rotatable bonds is 2. The van der Waals surface area contributed by atoms with Crippen LogP contribution in [-0.4, -0.2) is 14.1 Å². The number of aryl methyl sites for hydroxylation is 1.